The number of hydrogen-bond acceptors (Lipinski definition) is 3. The van der Waals surface area contributed by atoms with Crippen LogP contribution in [0.1, 0.15) is 5.69 Å². The normalized spacial score (nSPS) is 11.4. The van der Waals surface area contributed by atoms with Crippen LogP contribution >= 0.6 is 0 Å². The van der Waals surface area contributed by atoms with E-state index in [1.54, 1.807) is 0 Å². The average molecular weight is 690 g/mol. The number of aromatic nitrogens is 2. The summed E-state index contributed by atoms with van der Waals surface area (Å²) in [4.78, 5) is 11.7. The molecule has 0 saturated carbocycles. The molecule has 10 aromatic rings. The Morgan fingerprint density at radius 1 is 0.370 bits per heavy atom. The highest BCUT2D eigenvalue weighted by Gasteiger charge is 2.19. The Bertz CT molecular complexity index is 3000. The number of aryl methyl sites for hydroxylation is 1. The molecular weight excluding hydrogens is 655 g/mol. The average Bonchev–Trinajstić information content (AvgIpc) is 3.23. The van der Waals surface area contributed by atoms with E-state index >= 15 is 0 Å². The Balaban J connectivity index is 1.19. The van der Waals surface area contributed by atoms with Crippen molar-refractivity contribution in [2.24, 2.45) is 0 Å². The molecule has 0 aliphatic rings. The predicted molar refractivity (Wildman–Crippen MR) is 228 cm³/mol. The third-order valence-corrected chi connectivity index (χ3v) is 10.5. The van der Waals surface area contributed by atoms with Crippen molar-refractivity contribution in [1.82, 2.24) is 9.97 Å². The number of benzene rings is 8. The van der Waals surface area contributed by atoms with Gasteiger partial charge in [-0.2, -0.15) is 0 Å². The Morgan fingerprint density at radius 3 is 1.54 bits per heavy atom. The van der Waals surface area contributed by atoms with Gasteiger partial charge in [-0.1, -0.05) is 133 Å². The minimum atomic E-state index is 0.821. The predicted octanol–water partition coefficient (Wildman–Crippen LogP) is 13.9. The molecule has 0 radical (unpaired) electrons. The monoisotopic (exact) mass is 689 g/mol. The van der Waals surface area contributed by atoms with E-state index in [0.717, 1.165) is 34.1 Å². The van der Waals surface area contributed by atoms with Gasteiger partial charge in [-0.25, -0.2) is 9.97 Å². The summed E-state index contributed by atoms with van der Waals surface area (Å²) in [5, 5.41) is 9.91. The zero-order valence-electron chi connectivity index (χ0n) is 29.8. The molecule has 0 bridgehead atoms. The lowest BCUT2D eigenvalue weighted by Gasteiger charge is -2.23. The van der Waals surface area contributed by atoms with E-state index in [2.05, 4.69) is 157 Å². The lowest BCUT2D eigenvalue weighted by molar-refractivity contribution is 1.10. The third kappa shape index (κ3) is 5.55. The van der Waals surface area contributed by atoms with E-state index in [1.165, 1.54) is 65.3 Å². The first-order chi connectivity index (χ1) is 26.7. The Kier molecular flexibility index (Phi) is 7.70. The number of pyridine rings is 2. The van der Waals surface area contributed by atoms with Crippen molar-refractivity contribution in [3.63, 3.8) is 0 Å². The number of rotatable bonds is 6. The Labute approximate surface area is 314 Å². The largest absolute Gasteiger partial charge is 0.279 e. The molecule has 3 nitrogen and oxygen atoms in total. The SMILES string of the molecule is Cc1cccc(N(c2ccc(-c3ccc4c(-c5ccc6ccccc6c5)c5ccccc5c(-c5ccc6ccccc6c5)c4c3)cc2)c2ccccn2)n1. The number of nitrogens with zero attached hydrogens (tertiary/aromatic N) is 3. The fourth-order valence-corrected chi connectivity index (χ4v) is 7.99. The van der Waals surface area contributed by atoms with E-state index in [9.17, 15) is 0 Å². The molecule has 0 unspecified atom stereocenters. The smallest absolute Gasteiger partial charge is 0.138 e. The fraction of sp³-hybridized carbons (Fsp3) is 0.0196. The van der Waals surface area contributed by atoms with Crippen molar-refractivity contribution in [2.75, 3.05) is 4.90 Å². The summed E-state index contributed by atoms with van der Waals surface area (Å²) in [7, 11) is 0. The first-order valence-electron chi connectivity index (χ1n) is 18.4. The summed E-state index contributed by atoms with van der Waals surface area (Å²) in [6.45, 7) is 2.02. The topological polar surface area (TPSA) is 29.0 Å². The molecule has 54 heavy (non-hydrogen) atoms. The molecule has 254 valence electrons. The quantitative estimate of drug-likeness (QED) is 0.163. The zero-order chi connectivity index (χ0) is 36.0. The third-order valence-electron chi connectivity index (χ3n) is 10.5. The number of anilines is 3. The first-order valence-corrected chi connectivity index (χ1v) is 18.4. The van der Waals surface area contributed by atoms with Crippen LogP contribution < -0.4 is 4.90 Å². The van der Waals surface area contributed by atoms with Gasteiger partial charge in [-0.05, 0) is 138 Å². The summed E-state index contributed by atoms with van der Waals surface area (Å²) >= 11 is 0. The summed E-state index contributed by atoms with van der Waals surface area (Å²) < 4.78 is 0. The molecule has 8 aromatic carbocycles. The second-order valence-corrected chi connectivity index (χ2v) is 13.9. The first kappa shape index (κ1) is 31.6. The van der Waals surface area contributed by atoms with Crippen LogP contribution in [0.5, 0.6) is 0 Å². The van der Waals surface area contributed by atoms with Crippen LogP contribution in [0.3, 0.4) is 0 Å². The molecule has 2 aromatic heterocycles. The molecule has 0 aliphatic heterocycles. The molecule has 2 heterocycles. The molecule has 0 amide bonds. The van der Waals surface area contributed by atoms with Crippen molar-refractivity contribution in [3.05, 3.63) is 200 Å². The van der Waals surface area contributed by atoms with Gasteiger partial charge in [-0.15, -0.1) is 0 Å². The van der Waals surface area contributed by atoms with Crippen molar-refractivity contribution < 1.29 is 0 Å². The van der Waals surface area contributed by atoms with Gasteiger partial charge in [0.2, 0.25) is 0 Å². The van der Waals surface area contributed by atoms with E-state index in [1.807, 2.05) is 49.5 Å². The standard InChI is InChI=1S/C51H35N3/c1-34-11-10-19-49(53-34)54(48-18-8-9-30-52-48)43-27-24-37(25-28-43)40-26-29-46-47(33-40)51(42-23-21-36-13-3-5-15-39(36)32-42)45-17-7-6-16-44(45)50(46)41-22-20-35-12-2-4-14-38(35)31-41/h2-33H,1H3. The van der Waals surface area contributed by atoms with Crippen LogP contribution in [0.15, 0.2) is 194 Å². The second-order valence-electron chi connectivity index (χ2n) is 13.9. The highest BCUT2D eigenvalue weighted by molar-refractivity contribution is 6.22. The lowest BCUT2D eigenvalue weighted by atomic mass is 9.84. The molecule has 10 rings (SSSR count). The Hall–Kier alpha value is -7.10. The van der Waals surface area contributed by atoms with Crippen molar-refractivity contribution in [3.8, 4) is 33.4 Å². The molecule has 0 spiro atoms. The Morgan fingerprint density at radius 2 is 0.907 bits per heavy atom. The molecule has 0 fully saturated rings. The summed E-state index contributed by atoms with van der Waals surface area (Å²) in [5.74, 6) is 1.66. The van der Waals surface area contributed by atoms with Gasteiger partial charge in [-0.3, -0.25) is 4.90 Å². The highest BCUT2D eigenvalue weighted by Crippen LogP contribution is 2.46. The maximum absolute atomic E-state index is 4.86. The summed E-state index contributed by atoms with van der Waals surface area (Å²) in [5.41, 5.74) is 9.20. The van der Waals surface area contributed by atoms with Gasteiger partial charge in [0, 0.05) is 17.6 Å². The van der Waals surface area contributed by atoms with Gasteiger partial charge in [0.15, 0.2) is 0 Å². The van der Waals surface area contributed by atoms with Crippen LogP contribution in [0.2, 0.25) is 0 Å². The summed E-state index contributed by atoms with van der Waals surface area (Å²) in [6.07, 6.45) is 1.82. The minimum Gasteiger partial charge on any atom is -0.279 e. The highest BCUT2D eigenvalue weighted by atomic mass is 15.2. The van der Waals surface area contributed by atoms with Crippen LogP contribution in [-0.4, -0.2) is 9.97 Å². The van der Waals surface area contributed by atoms with Crippen LogP contribution in [-0.2, 0) is 0 Å². The molecule has 0 saturated heterocycles. The van der Waals surface area contributed by atoms with E-state index < -0.39 is 0 Å². The molecule has 0 atom stereocenters. The molecule has 3 heteroatoms. The van der Waals surface area contributed by atoms with Crippen LogP contribution in [0.25, 0.3) is 76.5 Å². The fourth-order valence-electron chi connectivity index (χ4n) is 7.99. The number of fused-ring (bicyclic) bond motifs is 4. The van der Waals surface area contributed by atoms with Gasteiger partial charge in [0.25, 0.3) is 0 Å². The maximum Gasteiger partial charge on any atom is 0.138 e. The van der Waals surface area contributed by atoms with E-state index in [0.29, 0.717) is 0 Å². The maximum atomic E-state index is 4.86. The van der Waals surface area contributed by atoms with Gasteiger partial charge >= 0.3 is 0 Å². The zero-order valence-corrected chi connectivity index (χ0v) is 29.8. The van der Waals surface area contributed by atoms with Crippen molar-refractivity contribution in [1.29, 1.82) is 0 Å². The van der Waals surface area contributed by atoms with Gasteiger partial charge < -0.3 is 0 Å². The van der Waals surface area contributed by atoms with Crippen LogP contribution in [0.4, 0.5) is 17.3 Å². The summed E-state index contributed by atoms with van der Waals surface area (Å²) in [6, 6.07) is 67.7. The van der Waals surface area contributed by atoms with Crippen LogP contribution in [0, 0.1) is 6.92 Å². The second kappa shape index (κ2) is 13.1. The van der Waals surface area contributed by atoms with E-state index in [4.69, 9.17) is 9.97 Å². The molecule has 0 aliphatic carbocycles. The number of hydrogen-bond donors (Lipinski definition) is 0. The van der Waals surface area contributed by atoms with Gasteiger partial charge in [0.05, 0.1) is 0 Å². The lowest BCUT2D eigenvalue weighted by Crippen LogP contribution is -2.13. The molecular formula is C51H35N3. The van der Waals surface area contributed by atoms with Crippen molar-refractivity contribution >= 4 is 60.4 Å². The van der Waals surface area contributed by atoms with Gasteiger partial charge in [0.1, 0.15) is 11.6 Å². The minimum absolute atomic E-state index is 0.821. The van der Waals surface area contributed by atoms with E-state index in [-0.39, 0.29) is 0 Å². The van der Waals surface area contributed by atoms with Crippen molar-refractivity contribution in [2.45, 2.75) is 6.92 Å². The molecule has 0 N–H and O–H groups in total.